The number of para-hydroxylation sites is 1. The lowest BCUT2D eigenvalue weighted by Crippen LogP contribution is -2.46. The van der Waals surface area contributed by atoms with Gasteiger partial charge in [0.05, 0.1) is 12.5 Å². The van der Waals surface area contributed by atoms with E-state index in [1.807, 2.05) is 35.2 Å². The summed E-state index contributed by atoms with van der Waals surface area (Å²) < 4.78 is 5.34. The third-order valence-corrected chi connectivity index (χ3v) is 4.61. The summed E-state index contributed by atoms with van der Waals surface area (Å²) >= 11 is 0. The number of anilines is 1. The number of hydrogen-bond donors (Lipinski definition) is 0. The highest BCUT2D eigenvalue weighted by Crippen LogP contribution is 2.22. The number of likely N-dealkylation sites (tertiary alicyclic amines) is 1. The molecule has 23 heavy (non-hydrogen) atoms. The maximum Gasteiger partial charge on any atom is 0.242 e. The summed E-state index contributed by atoms with van der Waals surface area (Å²) in [4.78, 5) is 29.0. The minimum absolute atomic E-state index is 0.000871. The summed E-state index contributed by atoms with van der Waals surface area (Å²) in [5, 5.41) is 0. The molecule has 2 fully saturated rings. The van der Waals surface area contributed by atoms with Crippen LogP contribution < -0.4 is 4.90 Å². The average molecular weight is 316 g/mol. The smallest absolute Gasteiger partial charge is 0.242 e. The van der Waals surface area contributed by atoms with Crippen LogP contribution in [0.3, 0.4) is 0 Å². The summed E-state index contributed by atoms with van der Waals surface area (Å²) in [5.74, 6) is -0.0933. The van der Waals surface area contributed by atoms with E-state index in [0.29, 0.717) is 13.2 Å². The maximum atomic E-state index is 12.8. The van der Waals surface area contributed by atoms with Crippen LogP contribution in [-0.2, 0) is 14.3 Å². The number of rotatable bonds is 4. The van der Waals surface area contributed by atoms with Gasteiger partial charge in [-0.05, 0) is 37.8 Å². The van der Waals surface area contributed by atoms with Crippen molar-refractivity contribution in [3.63, 3.8) is 0 Å². The van der Waals surface area contributed by atoms with Crippen molar-refractivity contribution in [2.24, 2.45) is 5.92 Å². The molecule has 0 aromatic heterocycles. The van der Waals surface area contributed by atoms with E-state index in [4.69, 9.17) is 4.74 Å². The van der Waals surface area contributed by atoms with Gasteiger partial charge in [0, 0.05) is 25.4 Å². The zero-order valence-corrected chi connectivity index (χ0v) is 13.4. The standard InChI is InChI=1S/C18H24N2O3/c21-17(19-10-5-2-6-11-19)13-20(16-7-3-1-4-8-16)18(22)15-9-12-23-14-15/h1,3-4,7-8,15H,2,5-6,9-14H2/t15-/m0/s1. The van der Waals surface area contributed by atoms with E-state index in [1.165, 1.54) is 6.42 Å². The van der Waals surface area contributed by atoms with Gasteiger partial charge >= 0.3 is 0 Å². The third kappa shape index (κ3) is 3.91. The molecule has 0 saturated carbocycles. The quantitative estimate of drug-likeness (QED) is 0.854. The summed E-state index contributed by atoms with van der Waals surface area (Å²) in [6.45, 7) is 2.82. The zero-order valence-electron chi connectivity index (χ0n) is 13.4. The van der Waals surface area contributed by atoms with Gasteiger partial charge in [0.25, 0.3) is 0 Å². The molecule has 0 bridgehead atoms. The molecular weight excluding hydrogens is 292 g/mol. The first-order chi connectivity index (χ1) is 11.3. The highest BCUT2D eigenvalue weighted by Gasteiger charge is 2.31. The van der Waals surface area contributed by atoms with Crippen molar-refractivity contribution in [3.05, 3.63) is 30.3 Å². The number of hydrogen-bond acceptors (Lipinski definition) is 3. The Kier molecular flexibility index (Phi) is 5.28. The molecule has 2 aliphatic rings. The number of piperidine rings is 1. The molecule has 1 atom stereocenters. The van der Waals surface area contributed by atoms with Gasteiger partial charge in [0.1, 0.15) is 6.54 Å². The van der Waals surface area contributed by atoms with Gasteiger partial charge in [-0.25, -0.2) is 0 Å². The van der Waals surface area contributed by atoms with Crippen LogP contribution in [0.4, 0.5) is 5.69 Å². The minimum atomic E-state index is -0.135. The number of carbonyl (C=O) groups excluding carboxylic acids is 2. The van der Waals surface area contributed by atoms with Crippen LogP contribution in [0.5, 0.6) is 0 Å². The van der Waals surface area contributed by atoms with Gasteiger partial charge in [-0.15, -0.1) is 0 Å². The number of nitrogens with zero attached hydrogens (tertiary/aromatic N) is 2. The van der Waals surface area contributed by atoms with E-state index in [1.54, 1.807) is 4.90 Å². The fraction of sp³-hybridized carbons (Fsp3) is 0.556. The molecule has 2 amide bonds. The predicted molar refractivity (Wildman–Crippen MR) is 88.2 cm³/mol. The maximum absolute atomic E-state index is 12.8. The third-order valence-electron chi connectivity index (χ3n) is 4.61. The molecule has 2 aliphatic heterocycles. The molecule has 1 aromatic rings. The van der Waals surface area contributed by atoms with Crippen LogP contribution >= 0.6 is 0 Å². The van der Waals surface area contributed by atoms with Gasteiger partial charge in [-0.3, -0.25) is 9.59 Å². The largest absolute Gasteiger partial charge is 0.381 e. The summed E-state index contributed by atoms with van der Waals surface area (Å²) in [6, 6.07) is 9.48. The second-order valence-corrected chi connectivity index (χ2v) is 6.26. The number of benzene rings is 1. The second-order valence-electron chi connectivity index (χ2n) is 6.26. The lowest BCUT2D eigenvalue weighted by Gasteiger charge is -2.31. The van der Waals surface area contributed by atoms with Crippen LogP contribution in [0.2, 0.25) is 0 Å². The molecule has 0 N–H and O–H groups in total. The predicted octanol–water partition coefficient (Wildman–Crippen LogP) is 2.07. The molecule has 5 heteroatoms. The Hall–Kier alpha value is -1.88. The first-order valence-electron chi connectivity index (χ1n) is 8.47. The lowest BCUT2D eigenvalue weighted by molar-refractivity contribution is -0.132. The monoisotopic (exact) mass is 316 g/mol. The van der Waals surface area contributed by atoms with Crippen molar-refractivity contribution < 1.29 is 14.3 Å². The SMILES string of the molecule is O=C(CN(C(=O)[C@H]1CCOC1)c1ccccc1)N1CCCCC1. The van der Waals surface area contributed by atoms with E-state index >= 15 is 0 Å². The van der Waals surface area contributed by atoms with Crippen molar-refractivity contribution in [2.45, 2.75) is 25.7 Å². The Morgan fingerprint density at radius 3 is 2.52 bits per heavy atom. The molecule has 0 aliphatic carbocycles. The Bertz CT molecular complexity index is 534. The number of carbonyl (C=O) groups is 2. The Morgan fingerprint density at radius 2 is 1.87 bits per heavy atom. The number of ether oxygens (including phenoxy) is 1. The van der Waals surface area contributed by atoms with Gasteiger partial charge < -0.3 is 14.5 Å². The van der Waals surface area contributed by atoms with Gasteiger partial charge in [-0.1, -0.05) is 18.2 Å². The topological polar surface area (TPSA) is 49.9 Å². The van der Waals surface area contributed by atoms with E-state index in [9.17, 15) is 9.59 Å². The van der Waals surface area contributed by atoms with E-state index in [2.05, 4.69) is 0 Å². The van der Waals surface area contributed by atoms with E-state index in [-0.39, 0.29) is 24.3 Å². The van der Waals surface area contributed by atoms with Crippen molar-refractivity contribution in [1.82, 2.24) is 4.90 Å². The van der Waals surface area contributed by atoms with Gasteiger partial charge in [-0.2, -0.15) is 0 Å². The molecular formula is C18H24N2O3. The molecule has 1 aromatic carbocycles. The first-order valence-corrected chi connectivity index (χ1v) is 8.47. The van der Waals surface area contributed by atoms with E-state index in [0.717, 1.165) is 38.0 Å². The first kappa shape index (κ1) is 16.0. The van der Waals surface area contributed by atoms with Crippen molar-refractivity contribution >= 4 is 17.5 Å². The molecule has 2 saturated heterocycles. The zero-order chi connectivity index (χ0) is 16.1. The minimum Gasteiger partial charge on any atom is -0.381 e. The lowest BCUT2D eigenvalue weighted by atomic mass is 10.1. The van der Waals surface area contributed by atoms with Crippen LogP contribution in [0.1, 0.15) is 25.7 Å². The summed E-state index contributed by atoms with van der Waals surface area (Å²) in [7, 11) is 0. The molecule has 3 rings (SSSR count). The normalized spacial score (nSPS) is 21.2. The second kappa shape index (κ2) is 7.59. The van der Waals surface area contributed by atoms with E-state index < -0.39 is 0 Å². The summed E-state index contributed by atoms with van der Waals surface area (Å²) in [5.41, 5.74) is 0.787. The van der Waals surface area contributed by atoms with Crippen molar-refractivity contribution in [2.75, 3.05) is 37.7 Å². The number of amides is 2. The van der Waals surface area contributed by atoms with Crippen LogP contribution in [0, 0.1) is 5.92 Å². The Labute approximate surface area is 137 Å². The fourth-order valence-electron chi connectivity index (χ4n) is 3.23. The van der Waals surface area contributed by atoms with Gasteiger partial charge in [0.15, 0.2) is 0 Å². The summed E-state index contributed by atoms with van der Waals surface area (Å²) in [6.07, 6.45) is 4.04. The van der Waals surface area contributed by atoms with Crippen LogP contribution in [-0.4, -0.2) is 49.6 Å². The van der Waals surface area contributed by atoms with Crippen molar-refractivity contribution in [3.8, 4) is 0 Å². The Balaban J connectivity index is 1.74. The van der Waals surface area contributed by atoms with Crippen molar-refractivity contribution in [1.29, 1.82) is 0 Å². The molecule has 0 spiro atoms. The highest BCUT2D eigenvalue weighted by molar-refractivity contribution is 6.00. The molecule has 124 valence electrons. The van der Waals surface area contributed by atoms with Gasteiger partial charge in [0.2, 0.25) is 11.8 Å². The molecule has 0 unspecified atom stereocenters. The van der Waals surface area contributed by atoms with Crippen LogP contribution in [0.25, 0.3) is 0 Å². The van der Waals surface area contributed by atoms with Crippen LogP contribution in [0.15, 0.2) is 30.3 Å². The molecule has 0 radical (unpaired) electrons. The highest BCUT2D eigenvalue weighted by atomic mass is 16.5. The molecule has 5 nitrogen and oxygen atoms in total. The average Bonchev–Trinajstić information content (AvgIpc) is 3.15. The fourth-order valence-corrected chi connectivity index (χ4v) is 3.23. The molecule has 2 heterocycles. The Morgan fingerprint density at radius 1 is 1.13 bits per heavy atom.